The average Bonchev–Trinajstić information content (AvgIpc) is 2.32. The molecule has 2 rings (SSSR count). The van der Waals surface area contributed by atoms with Crippen LogP contribution in [-0.4, -0.2) is 12.1 Å². The number of rotatable bonds is 1. The highest BCUT2D eigenvalue weighted by molar-refractivity contribution is 4.88. The van der Waals surface area contributed by atoms with E-state index in [-0.39, 0.29) is 12.1 Å². The molecule has 2 heteroatoms. The van der Waals surface area contributed by atoms with E-state index >= 15 is 0 Å². The summed E-state index contributed by atoms with van der Waals surface area (Å²) < 4.78 is 0. The van der Waals surface area contributed by atoms with Crippen molar-refractivity contribution < 1.29 is 0 Å². The predicted molar refractivity (Wildman–Crippen MR) is 78.3 cm³/mol. The van der Waals surface area contributed by atoms with Gasteiger partial charge in [0.15, 0.2) is 0 Å². The van der Waals surface area contributed by atoms with Gasteiger partial charge in [-0.05, 0) is 24.7 Å². The third kappa shape index (κ3) is 3.96. The maximum atomic E-state index is 6.49. The zero-order valence-electron chi connectivity index (χ0n) is 11.9. The lowest BCUT2D eigenvalue weighted by atomic mass is 9.72. The predicted octanol–water partition coefficient (Wildman–Crippen LogP) is 3.58. The van der Waals surface area contributed by atoms with E-state index in [0.29, 0.717) is 5.92 Å². The molecule has 2 aliphatic carbocycles. The van der Waals surface area contributed by atoms with Crippen LogP contribution in [0.2, 0.25) is 0 Å². The van der Waals surface area contributed by atoms with Gasteiger partial charge in [0.25, 0.3) is 0 Å². The van der Waals surface area contributed by atoms with Gasteiger partial charge in [-0.2, -0.15) is 0 Å². The topological polar surface area (TPSA) is 52.0 Å². The lowest BCUT2D eigenvalue weighted by Crippen LogP contribution is -2.49. The van der Waals surface area contributed by atoms with Crippen LogP contribution in [0.15, 0.2) is 0 Å². The van der Waals surface area contributed by atoms with Crippen molar-refractivity contribution >= 4 is 0 Å². The molecule has 2 saturated carbocycles. The molecule has 2 fully saturated rings. The van der Waals surface area contributed by atoms with Gasteiger partial charge in [-0.25, -0.2) is 0 Å². The zero-order chi connectivity index (χ0) is 12.8. The normalized spacial score (nSPS) is 37.3. The van der Waals surface area contributed by atoms with E-state index in [1.807, 2.05) is 0 Å². The van der Waals surface area contributed by atoms with Crippen LogP contribution in [0.3, 0.4) is 0 Å². The SMILES string of the molecule is NC1CCCCCC(C2CCCCCCC2)C1N. The van der Waals surface area contributed by atoms with Crippen LogP contribution in [0, 0.1) is 11.8 Å². The van der Waals surface area contributed by atoms with Crippen LogP contribution in [0.1, 0.15) is 77.0 Å². The molecular formula is C16H32N2. The molecule has 0 aromatic heterocycles. The van der Waals surface area contributed by atoms with E-state index in [0.717, 1.165) is 12.3 Å². The van der Waals surface area contributed by atoms with E-state index in [4.69, 9.17) is 11.5 Å². The molecule has 2 nitrogen and oxygen atoms in total. The Labute approximate surface area is 113 Å². The third-order valence-electron chi connectivity index (χ3n) is 5.32. The summed E-state index contributed by atoms with van der Waals surface area (Å²) >= 11 is 0. The zero-order valence-corrected chi connectivity index (χ0v) is 11.9. The van der Waals surface area contributed by atoms with E-state index in [1.54, 1.807) is 0 Å². The van der Waals surface area contributed by atoms with Gasteiger partial charge < -0.3 is 11.5 Å². The minimum Gasteiger partial charge on any atom is -0.326 e. The average molecular weight is 252 g/mol. The van der Waals surface area contributed by atoms with E-state index in [9.17, 15) is 0 Å². The van der Waals surface area contributed by atoms with Gasteiger partial charge in [0, 0.05) is 12.1 Å². The lowest BCUT2D eigenvalue weighted by Gasteiger charge is -2.37. The Bertz CT molecular complexity index is 221. The van der Waals surface area contributed by atoms with Gasteiger partial charge in [0.1, 0.15) is 0 Å². The first-order chi connectivity index (χ1) is 8.79. The third-order valence-corrected chi connectivity index (χ3v) is 5.32. The van der Waals surface area contributed by atoms with Gasteiger partial charge in [-0.15, -0.1) is 0 Å². The van der Waals surface area contributed by atoms with Crippen molar-refractivity contribution in [2.24, 2.45) is 23.3 Å². The first kappa shape index (κ1) is 14.3. The van der Waals surface area contributed by atoms with Crippen molar-refractivity contribution in [1.29, 1.82) is 0 Å². The summed E-state index contributed by atoms with van der Waals surface area (Å²) in [6.45, 7) is 0. The Hall–Kier alpha value is -0.0800. The van der Waals surface area contributed by atoms with Crippen LogP contribution < -0.4 is 11.5 Å². The van der Waals surface area contributed by atoms with Crippen LogP contribution in [0.25, 0.3) is 0 Å². The molecule has 0 heterocycles. The second-order valence-corrected chi connectivity index (χ2v) is 6.65. The molecule has 0 aromatic carbocycles. The summed E-state index contributed by atoms with van der Waals surface area (Å²) in [7, 11) is 0. The Morgan fingerprint density at radius 1 is 0.556 bits per heavy atom. The first-order valence-corrected chi connectivity index (χ1v) is 8.30. The molecule has 0 amide bonds. The van der Waals surface area contributed by atoms with E-state index in [1.165, 1.54) is 70.6 Å². The molecule has 18 heavy (non-hydrogen) atoms. The standard InChI is InChI=1S/C16H32N2/c17-15-12-8-4-7-11-14(16(15)18)13-9-5-2-1-3-6-10-13/h13-16H,1-12,17-18H2. The molecule has 106 valence electrons. The molecule has 0 spiro atoms. The fraction of sp³-hybridized carbons (Fsp3) is 1.00. The fourth-order valence-corrected chi connectivity index (χ4v) is 4.11. The van der Waals surface area contributed by atoms with Crippen molar-refractivity contribution in [3.8, 4) is 0 Å². The maximum absolute atomic E-state index is 6.49. The second-order valence-electron chi connectivity index (χ2n) is 6.65. The van der Waals surface area contributed by atoms with Gasteiger partial charge in [0.2, 0.25) is 0 Å². The van der Waals surface area contributed by atoms with Crippen molar-refractivity contribution in [2.45, 2.75) is 89.1 Å². The highest BCUT2D eigenvalue weighted by atomic mass is 14.8. The Balaban J connectivity index is 1.96. The molecule has 0 radical (unpaired) electrons. The minimum atomic E-state index is 0.251. The van der Waals surface area contributed by atoms with Crippen LogP contribution in [-0.2, 0) is 0 Å². The summed E-state index contributed by atoms with van der Waals surface area (Å²) in [5, 5.41) is 0. The largest absolute Gasteiger partial charge is 0.326 e. The van der Waals surface area contributed by atoms with Crippen molar-refractivity contribution in [1.82, 2.24) is 0 Å². The van der Waals surface area contributed by atoms with Crippen molar-refractivity contribution in [3.63, 3.8) is 0 Å². The summed E-state index contributed by atoms with van der Waals surface area (Å²) in [6.07, 6.45) is 16.5. The highest BCUT2D eigenvalue weighted by Gasteiger charge is 2.31. The molecule has 3 unspecified atom stereocenters. The number of nitrogens with two attached hydrogens (primary N) is 2. The summed E-state index contributed by atoms with van der Waals surface area (Å²) in [5.74, 6) is 1.57. The molecule has 3 atom stereocenters. The summed E-state index contributed by atoms with van der Waals surface area (Å²) in [4.78, 5) is 0. The van der Waals surface area contributed by atoms with Crippen LogP contribution in [0.5, 0.6) is 0 Å². The molecule has 0 bridgehead atoms. The monoisotopic (exact) mass is 252 g/mol. The van der Waals surface area contributed by atoms with Gasteiger partial charge in [-0.1, -0.05) is 64.2 Å². The molecule has 2 aliphatic rings. The molecule has 0 aromatic rings. The van der Waals surface area contributed by atoms with Crippen LogP contribution >= 0.6 is 0 Å². The number of hydrogen-bond acceptors (Lipinski definition) is 2. The molecule has 0 aliphatic heterocycles. The quantitative estimate of drug-likeness (QED) is 0.749. The lowest BCUT2D eigenvalue weighted by molar-refractivity contribution is 0.184. The smallest absolute Gasteiger partial charge is 0.0223 e. The van der Waals surface area contributed by atoms with Crippen LogP contribution in [0.4, 0.5) is 0 Å². The highest BCUT2D eigenvalue weighted by Crippen LogP contribution is 2.35. The van der Waals surface area contributed by atoms with E-state index < -0.39 is 0 Å². The van der Waals surface area contributed by atoms with Crippen molar-refractivity contribution in [2.75, 3.05) is 0 Å². The van der Waals surface area contributed by atoms with Gasteiger partial charge in [-0.3, -0.25) is 0 Å². The summed E-state index contributed by atoms with van der Waals surface area (Å²) in [6, 6.07) is 0.510. The maximum Gasteiger partial charge on any atom is 0.0223 e. The second kappa shape index (κ2) is 7.49. The van der Waals surface area contributed by atoms with Crippen molar-refractivity contribution in [3.05, 3.63) is 0 Å². The Kier molecular flexibility index (Phi) is 5.97. The fourth-order valence-electron chi connectivity index (χ4n) is 4.11. The van der Waals surface area contributed by atoms with Gasteiger partial charge in [0.05, 0.1) is 0 Å². The Morgan fingerprint density at radius 2 is 1.06 bits per heavy atom. The number of hydrogen-bond donors (Lipinski definition) is 2. The molecule has 4 N–H and O–H groups in total. The van der Waals surface area contributed by atoms with Gasteiger partial charge >= 0.3 is 0 Å². The summed E-state index contributed by atoms with van der Waals surface area (Å²) in [5.41, 5.74) is 12.8. The first-order valence-electron chi connectivity index (χ1n) is 8.30. The molecule has 0 saturated heterocycles. The molecular weight excluding hydrogens is 220 g/mol. The minimum absolute atomic E-state index is 0.251. The van der Waals surface area contributed by atoms with E-state index in [2.05, 4.69) is 0 Å². The Morgan fingerprint density at radius 3 is 1.78 bits per heavy atom.